The number of rotatable bonds is 3. The van der Waals surface area contributed by atoms with Crippen LogP contribution in [0.4, 0.5) is 0 Å². The lowest BCUT2D eigenvalue weighted by atomic mass is 10.1. The smallest absolute Gasteiger partial charge is 0.224 e. The highest BCUT2D eigenvalue weighted by Crippen LogP contribution is 2.17. The van der Waals surface area contributed by atoms with Gasteiger partial charge in [0.25, 0.3) is 0 Å². The summed E-state index contributed by atoms with van der Waals surface area (Å²) in [6, 6.07) is 8.36. The number of nitrogens with one attached hydrogen (secondary N) is 1. The molecule has 0 aromatic heterocycles. The van der Waals surface area contributed by atoms with Crippen LogP contribution in [0.5, 0.6) is 0 Å². The minimum atomic E-state index is 0.0893. The highest BCUT2D eigenvalue weighted by molar-refractivity contribution is 9.10. The molecule has 1 aromatic rings. The van der Waals surface area contributed by atoms with Gasteiger partial charge in [0.1, 0.15) is 0 Å². The third kappa shape index (κ3) is 3.82. The van der Waals surface area contributed by atoms with Crippen LogP contribution in [0, 0.1) is 0 Å². The van der Waals surface area contributed by atoms with Gasteiger partial charge in [-0.3, -0.25) is 4.79 Å². The molecule has 0 spiro atoms. The molecule has 1 amide bonds. The number of benzene rings is 1. The van der Waals surface area contributed by atoms with Gasteiger partial charge in [-0.25, -0.2) is 0 Å². The first-order valence-electron chi connectivity index (χ1n) is 5.93. The number of amides is 1. The van der Waals surface area contributed by atoms with E-state index in [1.807, 2.05) is 24.3 Å². The van der Waals surface area contributed by atoms with E-state index in [4.69, 9.17) is 5.73 Å². The molecule has 3 N–H and O–H groups in total. The maximum absolute atomic E-state index is 11.8. The molecule has 1 aliphatic rings. The summed E-state index contributed by atoms with van der Waals surface area (Å²) >= 11 is 3.37. The summed E-state index contributed by atoms with van der Waals surface area (Å²) in [5, 5.41) is 3.04. The molecule has 2 rings (SSSR count). The van der Waals surface area contributed by atoms with E-state index in [1.165, 1.54) is 0 Å². The van der Waals surface area contributed by atoms with Crippen LogP contribution in [0.2, 0.25) is 0 Å². The molecule has 4 heteroatoms. The molecular formula is C13H17BrN2O. The predicted molar refractivity (Wildman–Crippen MR) is 71.6 cm³/mol. The lowest BCUT2D eigenvalue weighted by Gasteiger charge is -2.12. The van der Waals surface area contributed by atoms with E-state index in [0.29, 0.717) is 6.42 Å². The van der Waals surface area contributed by atoms with E-state index >= 15 is 0 Å². The molecule has 17 heavy (non-hydrogen) atoms. The van der Waals surface area contributed by atoms with Crippen LogP contribution in [0.1, 0.15) is 24.8 Å². The summed E-state index contributed by atoms with van der Waals surface area (Å²) in [7, 11) is 0. The number of nitrogens with two attached hydrogens (primary N) is 1. The van der Waals surface area contributed by atoms with Crippen LogP contribution in [-0.2, 0) is 11.2 Å². The first-order chi connectivity index (χ1) is 8.13. The zero-order chi connectivity index (χ0) is 12.3. The maximum Gasteiger partial charge on any atom is 0.224 e. The lowest BCUT2D eigenvalue weighted by Crippen LogP contribution is -2.35. The second-order valence-electron chi connectivity index (χ2n) is 4.64. The maximum atomic E-state index is 11.8. The van der Waals surface area contributed by atoms with Crippen LogP contribution < -0.4 is 11.1 Å². The first kappa shape index (κ1) is 12.6. The third-order valence-electron chi connectivity index (χ3n) is 3.12. The van der Waals surface area contributed by atoms with E-state index in [-0.39, 0.29) is 18.0 Å². The van der Waals surface area contributed by atoms with E-state index in [1.54, 1.807) is 0 Å². The SMILES string of the molecule is NC1CCC(NC(=O)Cc2ccc(Br)cc2)C1. The molecule has 0 heterocycles. The van der Waals surface area contributed by atoms with Gasteiger partial charge < -0.3 is 11.1 Å². The number of carbonyl (C=O) groups is 1. The van der Waals surface area contributed by atoms with Gasteiger partial charge in [-0.1, -0.05) is 28.1 Å². The van der Waals surface area contributed by atoms with Crippen LogP contribution >= 0.6 is 15.9 Å². The van der Waals surface area contributed by atoms with Crippen molar-refractivity contribution in [2.75, 3.05) is 0 Å². The Bertz CT molecular complexity index is 391. The number of hydrogen-bond acceptors (Lipinski definition) is 2. The molecular weight excluding hydrogens is 280 g/mol. The Kier molecular flexibility index (Phi) is 4.18. The average molecular weight is 297 g/mol. The fourth-order valence-electron chi connectivity index (χ4n) is 2.21. The van der Waals surface area contributed by atoms with Crippen LogP contribution in [0.15, 0.2) is 28.7 Å². The zero-order valence-corrected chi connectivity index (χ0v) is 11.2. The Morgan fingerprint density at radius 2 is 2.06 bits per heavy atom. The minimum Gasteiger partial charge on any atom is -0.353 e. The van der Waals surface area contributed by atoms with Gasteiger partial charge in [0.2, 0.25) is 5.91 Å². The molecule has 1 fully saturated rings. The Balaban J connectivity index is 1.83. The van der Waals surface area contributed by atoms with Gasteiger partial charge in [-0.15, -0.1) is 0 Å². The largest absolute Gasteiger partial charge is 0.353 e. The molecule has 0 radical (unpaired) electrons. The highest BCUT2D eigenvalue weighted by Gasteiger charge is 2.22. The quantitative estimate of drug-likeness (QED) is 0.896. The van der Waals surface area contributed by atoms with Crippen LogP contribution in [0.25, 0.3) is 0 Å². The summed E-state index contributed by atoms with van der Waals surface area (Å²) in [6.45, 7) is 0. The second-order valence-corrected chi connectivity index (χ2v) is 5.56. The molecule has 0 bridgehead atoms. The van der Waals surface area contributed by atoms with Gasteiger partial charge in [0.15, 0.2) is 0 Å². The summed E-state index contributed by atoms with van der Waals surface area (Å²) in [5.74, 6) is 0.0893. The summed E-state index contributed by atoms with van der Waals surface area (Å²) < 4.78 is 1.03. The summed E-state index contributed by atoms with van der Waals surface area (Å²) in [4.78, 5) is 11.8. The molecule has 0 saturated heterocycles. The van der Waals surface area contributed by atoms with Gasteiger partial charge in [-0.2, -0.15) is 0 Å². The van der Waals surface area contributed by atoms with E-state index in [9.17, 15) is 4.79 Å². The topological polar surface area (TPSA) is 55.1 Å². The van der Waals surface area contributed by atoms with Crippen molar-refractivity contribution in [3.63, 3.8) is 0 Å². The van der Waals surface area contributed by atoms with Crippen molar-refractivity contribution in [2.45, 2.75) is 37.8 Å². The van der Waals surface area contributed by atoms with E-state index in [2.05, 4.69) is 21.2 Å². The van der Waals surface area contributed by atoms with Gasteiger partial charge in [0.05, 0.1) is 6.42 Å². The second kappa shape index (κ2) is 5.65. The first-order valence-corrected chi connectivity index (χ1v) is 6.72. The van der Waals surface area contributed by atoms with E-state index in [0.717, 1.165) is 29.3 Å². The lowest BCUT2D eigenvalue weighted by molar-refractivity contribution is -0.121. The molecule has 1 aliphatic carbocycles. The Morgan fingerprint density at radius 1 is 1.35 bits per heavy atom. The van der Waals surface area contributed by atoms with Crippen molar-refractivity contribution in [1.82, 2.24) is 5.32 Å². The van der Waals surface area contributed by atoms with Crippen LogP contribution in [-0.4, -0.2) is 18.0 Å². The Morgan fingerprint density at radius 3 is 2.65 bits per heavy atom. The van der Waals surface area contributed by atoms with Crippen LogP contribution in [0.3, 0.4) is 0 Å². The minimum absolute atomic E-state index is 0.0893. The number of hydrogen-bond donors (Lipinski definition) is 2. The summed E-state index contributed by atoms with van der Waals surface area (Å²) in [6.07, 6.45) is 3.38. The van der Waals surface area contributed by atoms with Gasteiger partial charge in [-0.05, 0) is 37.0 Å². The van der Waals surface area contributed by atoms with E-state index < -0.39 is 0 Å². The fourth-order valence-corrected chi connectivity index (χ4v) is 2.48. The molecule has 1 aromatic carbocycles. The Labute approximate surface area is 110 Å². The average Bonchev–Trinajstić information content (AvgIpc) is 2.67. The standard InChI is InChI=1S/C13H17BrN2O/c14-10-3-1-9(2-4-10)7-13(17)16-12-6-5-11(15)8-12/h1-4,11-12H,5-8,15H2,(H,16,17). The van der Waals surface area contributed by atoms with Gasteiger partial charge >= 0.3 is 0 Å². The third-order valence-corrected chi connectivity index (χ3v) is 3.64. The van der Waals surface area contributed by atoms with Crippen molar-refractivity contribution < 1.29 is 4.79 Å². The van der Waals surface area contributed by atoms with Crippen molar-refractivity contribution in [2.24, 2.45) is 5.73 Å². The van der Waals surface area contributed by atoms with Crippen molar-refractivity contribution in [3.05, 3.63) is 34.3 Å². The molecule has 92 valence electrons. The molecule has 2 atom stereocenters. The highest BCUT2D eigenvalue weighted by atomic mass is 79.9. The predicted octanol–water partition coefficient (Wildman–Crippen LogP) is 1.99. The molecule has 1 saturated carbocycles. The number of carbonyl (C=O) groups excluding carboxylic acids is 1. The Hall–Kier alpha value is -0.870. The monoisotopic (exact) mass is 296 g/mol. The van der Waals surface area contributed by atoms with Crippen molar-refractivity contribution in [3.8, 4) is 0 Å². The normalized spacial score (nSPS) is 23.6. The molecule has 3 nitrogen and oxygen atoms in total. The summed E-state index contributed by atoms with van der Waals surface area (Å²) in [5.41, 5.74) is 6.85. The molecule has 0 aliphatic heterocycles. The van der Waals surface area contributed by atoms with Gasteiger partial charge in [0, 0.05) is 16.6 Å². The van der Waals surface area contributed by atoms with Crippen molar-refractivity contribution in [1.29, 1.82) is 0 Å². The molecule has 2 unspecified atom stereocenters. The number of halogens is 1. The van der Waals surface area contributed by atoms with Crippen molar-refractivity contribution >= 4 is 21.8 Å². The zero-order valence-electron chi connectivity index (χ0n) is 9.66. The fraction of sp³-hybridized carbons (Fsp3) is 0.462.